The Morgan fingerprint density at radius 3 is 1.06 bits per heavy atom. The van der Waals surface area contributed by atoms with Crippen LogP contribution in [0.2, 0.25) is 0 Å². The topological polar surface area (TPSA) is 18.5 Å². The van der Waals surface area contributed by atoms with Gasteiger partial charge in [0.25, 0.3) is 0 Å². The molecule has 0 aliphatic heterocycles. The Bertz CT molecular complexity index is 382. The highest BCUT2D eigenvalue weighted by Gasteiger charge is 2.12. The Balaban J connectivity index is 3.34. The summed E-state index contributed by atoms with van der Waals surface area (Å²) in [6.07, 6.45) is 23.8. The smallest absolute Gasteiger partial charge is 0.244 e. The van der Waals surface area contributed by atoms with E-state index in [1.807, 2.05) is 0 Å². The summed E-state index contributed by atoms with van der Waals surface area (Å²) in [4.78, 5) is 0. The molecular formula is C26H55O2PS2. The van der Waals surface area contributed by atoms with E-state index in [4.69, 9.17) is 20.9 Å². The van der Waals surface area contributed by atoms with Crippen molar-refractivity contribution < 1.29 is 9.05 Å². The summed E-state index contributed by atoms with van der Waals surface area (Å²) < 4.78 is 11.6. The Hall–Kier alpha value is 0.920. The van der Waals surface area contributed by atoms with E-state index in [-0.39, 0.29) is 0 Å². The lowest BCUT2D eigenvalue weighted by Gasteiger charge is -2.16. The van der Waals surface area contributed by atoms with E-state index in [9.17, 15) is 0 Å². The first-order chi connectivity index (χ1) is 14.8. The number of unbranched alkanes of at least 4 members (excludes halogenated alkanes) is 14. The van der Waals surface area contributed by atoms with Crippen molar-refractivity contribution in [3.63, 3.8) is 0 Å². The zero-order chi connectivity index (χ0) is 23.2. The van der Waals surface area contributed by atoms with Crippen LogP contribution in [0.5, 0.6) is 0 Å². The van der Waals surface area contributed by atoms with Crippen LogP contribution in [0.15, 0.2) is 0 Å². The highest BCUT2D eigenvalue weighted by Crippen LogP contribution is 2.53. The van der Waals surface area contributed by atoms with Crippen molar-refractivity contribution >= 4 is 29.7 Å². The van der Waals surface area contributed by atoms with E-state index >= 15 is 0 Å². The van der Waals surface area contributed by atoms with Crippen LogP contribution in [0.25, 0.3) is 0 Å². The molecule has 0 atom stereocenters. The van der Waals surface area contributed by atoms with Gasteiger partial charge in [-0.25, -0.2) is 0 Å². The third kappa shape index (κ3) is 27.0. The minimum atomic E-state index is -2.33. The molecule has 0 spiro atoms. The second kappa shape index (κ2) is 22.7. The van der Waals surface area contributed by atoms with Crippen molar-refractivity contribution in [2.75, 3.05) is 13.2 Å². The molecular weight excluding hydrogens is 439 g/mol. The summed E-state index contributed by atoms with van der Waals surface area (Å²) in [6, 6.07) is 0. The van der Waals surface area contributed by atoms with Gasteiger partial charge in [-0.2, -0.15) is 0 Å². The summed E-state index contributed by atoms with van der Waals surface area (Å²) >= 11 is 9.91. The maximum absolute atomic E-state index is 5.78. The van der Waals surface area contributed by atoms with Crippen molar-refractivity contribution in [1.82, 2.24) is 0 Å². The van der Waals surface area contributed by atoms with Crippen molar-refractivity contribution in [1.29, 1.82) is 0 Å². The first kappa shape index (κ1) is 31.9. The van der Waals surface area contributed by atoms with Crippen LogP contribution in [-0.4, -0.2) is 13.2 Å². The molecule has 0 radical (unpaired) electrons. The van der Waals surface area contributed by atoms with Gasteiger partial charge in [-0.15, -0.1) is 0 Å². The summed E-state index contributed by atoms with van der Waals surface area (Å²) in [5, 5.41) is 0. The van der Waals surface area contributed by atoms with E-state index in [0.29, 0.717) is 13.2 Å². The summed E-state index contributed by atoms with van der Waals surface area (Å²) in [7, 11) is 0. The summed E-state index contributed by atoms with van der Waals surface area (Å²) in [5.74, 6) is 1.71. The maximum atomic E-state index is 5.78. The molecule has 0 aromatic rings. The molecule has 0 aromatic carbocycles. The second-order valence-corrected chi connectivity index (χ2v) is 15.4. The molecule has 0 fully saturated rings. The lowest BCUT2D eigenvalue weighted by molar-refractivity contribution is 0.250. The van der Waals surface area contributed by atoms with Crippen molar-refractivity contribution in [2.24, 2.45) is 11.8 Å². The molecule has 0 aliphatic carbocycles. The van der Waals surface area contributed by atoms with Crippen molar-refractivity contribution in [3.05, 3.63) is 0 Å². The number of hydrogen-bond donors (Lipinski definition) is 1. The van der Waals surface area contributed by atoms with Crippen LogP contribution < -0.4 is 0 Å². The average Bonchev–Trinajstić information content (AvgIpc) is 2.69. The van der Waals surface area contributed by atoms with Crippen LogP contribution >= 0.6 is 17.9 Å². The van der Waals surface area contributed by atoms with Gasteiger partial charge in [0.15, 0.2) is 0 Å². The Labute approximate surface area is 206 Å². The monoisotopic (exact) mass is 494 g/mol. The SMILES string of the molecule is CC(C)CCCCCCCCCCOP(=S)(S)OCCCCCCCCCCC(C)C. The summed E-state index contributed by atoms with van der Waals surface area (Å²) in [6.45, 7) is 10.7. The van der Waals surface area contributed by atoms with E-state index in [2.05, 4.69) is 39.9 Å². The maximum Gasteiger partial charge on any atom is 0.244 e. The molecule has 0 amide bonds. The lowest BCUT2D eigenvalue weighted by atomic mass is 10.0. The standard InChI is InChI=1S/C26H55O2PS2/c1-25(2)21-17-13-9-5-7-11-15-19-23-27-29(30,31)28-24-20-16-12-8-6-10-14-18-22-26(3)4/h25-26H,5-24H2,1-4H3,(H,30,31). The first-order valence-corrected chi connectivity index (χ1v) is 17.2. The van der Waals surface area contributed by atoms with Gasteiger partial charge in [0.2, 0.25) is 5.69 Å². The van der Waals surface area contributed by atoms with Gasteiger partial charge in [-0.05, 0) is 36.5 Å². The van der Waals surface area contributed by atoms with Crippen molar-refractivity contribution in [3.8, 4) is 0 Å². The van der Waals surface area contributed by atoms with Gasteiger partial charge in [0.05, 0.1) is 13.2 Å². The Kier molecular flexibility index (Phi) is 23.4. The zero-order valence-corrected chi connectivity index (χ0v) is 24.0. The van der Waals surface area contributed by atoms with E-state index in [1.165, 1.54) is 103 Å². The fraction of sp³-hybridized carbons (Fsp3) is 1.00. The minimum absolute atomic E-state index is 0.700. The lowest BCUT2D eigenvalue weighted by Crippen LogP contribution is -1.96. The second-order valence-electron chi connectivity index (χ2n) is 10.2. The Morgan fingerprint density at radius 1 is 0.516 bits per heavy atom. The molecule has 0 rings (SSSR count). The van der Waals surface area contributed by atoms with Gasteiger partial charge in [0.1, 0.15) is 0 Å². The Morgan fingerprint density at radius 2 is 0.774 bits per heavy atom. The molecule has 0 N–H and O–H groups in total. The molecule has 0 saturated heterocycles. The van der Waals surface area contributed by atoms with E-state index < -0.39 is 5.69 Å². The molecule has 5 heteroatoms. The van der Waals surface area contributed by atoms with Gasteiger partial charge in [-0.3, -0.25) is 0 Å². The van der Waals surface area contributed by atoms with Crippen LogP contribution in [0, 0.1) is 11.8 Å². The van der Waals surface area contributed by atoms with E-state index in [0.717, 1.165) is 24.7 Å². The van der Waals surface area contributed by atoms with Gasteiger partial charge in [0, 0.05) is 0 Å². The molecule has 0 aromatic heterocycles. The fourth-order valence-electron chi connectivity index (χ4n) is 3.83. The van der Waals surface area contributed by atoms with Crippen LogP contribution in [0.4, 0.5) is 0 Å². The number of rotatable bonds is 24. The quantitative estimate of drug-likeness (QED) is 0.0817. The predicted molar refractivity (Wildman–Crippen MR) is 148 cm³/mol. The van der Waals surface area contributed by atoms with Gasteiger partial charge in [-0.1, -0.05) is 143 Å². The molecule has 0 unspecified atom stereocenters. The largest absolute Gasteiger partial charge is 0.322 e. The van der Waals surface area contributed by atoms with Crippen LogP contribution in [-0.2, 0) is 20.9 Å². The number of hydrogen-bond acceptors (Lipinski definition) is 3. The molecule has 31 heavy (non-hydrogen) atoms. The molecule has 0 saturated carbocycles. The third-order valence-corrected chi connectivity index (χ3v) is 8.20. The average molecular weight is 495 g/mol. The predicted octanol–water partition coefficient (Wildman–Crippen LogP) is 10.5. The molecule has 188 valence electrons. The highest BCUT2D eigenvalue weighted by atomic mass is 32.9. The van der Waals surface area contributed by atoms with Crippen molar-refractivity contribution in [2.45, 2.75) is 143 Å². The zero-order valence-electron chi connectivity index (χ0n) is 21.4. The van der Waals surface area contributed by atoms with Gasteiger partial charge >= 0.3 is 0 Å². The minimum Gasteiger partial charge on any atom is -0.322 e. The van der Waals surface area contributed by atoms with Gasteiger partial charge < -0.3 is 9.05 Å². The van der Waals surface area contributed by atoms with E-state index in [1.54, 1.807) is 0 Å². The number of thiol groups is 1. The van der Waals surface area contributed by atoms with Crippen LogP contribution in [0.1, 0.15) is 143 Å². The highest BCUT2D eigenvalue weighted by molar-refractivity contribution is 8.60. The third-order valence-electron chi connectivity index (χ3n) is 5.86. The molecule has 2 nitrogen and oxygen atoms in total. The normalized spacial score (nSPS) is 12.4. The fourth-order valence-corrected chi connectivity index (χ4v) is 5.56. The molecule has 0 aliphatic rings. The molecule has 0 heterocycles. The molecule has 0 bridgehead atoms. The first-order valence-electron chi connectivity index (χ1n) is 13.5. The van der Waals surface area contributed by atoms with Crippen LogP contribution in [0.3, 0.4) is 0 Å². The summed E-state index contributed by atoms with van der Waals surface area (Å²) in [5.41, 5.74) is -2.33.